The molecular formula is C8H17BO2. The van der Waals surface area contributed by atoms with Gasteiger partial charge in [0.25, 0.3) is 0 Å². The van der Waals surface area contributed by atoms with E-state index in [9.17, 15) is 0 Å². The third kappa shape index (κ3) is 1.97. The molecule has 0 amide bonds. The van der Waals surface area contributed by atoms with Gasteiger partial charge in [-0.05, 0) is 19.2 Å². The topological polar surface area (TPSA) is 18.5 Å². The molecule has 0 saturated carbocycles. The molecule has 0 aliphatic carbocycles. The normalized spacial score (nSPS) is 33.0. The van der Waals surface area contributed by atoms with Gasteiger partial charge in [0, 0.05) is 0 Å². The largest absolute Gasteiger partial charge is 0.463 e. The van der Waals surface area contributed by atoms with Crippen molar-refractivity contribution in [2.24, 2.45) is 0 Å². The van der Waals surface area contributed by atoms with E-state index in [0.717, 1.165) is 0 Å². The Kier molecular flexibility index (Phi) is 2.31. The monoisotopic (exact) mass is 156 g/mol. The van der Waals surface area contributed by atoms with E-state index in [2.05, 4.69) is 34.6 Å². The summed E-state index contributed by atoms with van der Waals surface area (Å²) >= 11 is 0. The van der Waals surface area contributed by atoms with Gasteiger partial charge in [0.15, 0.2) is 0 Å². The minimum Gasteiger partial charge on any atom is -0.406 e. The molecule has 2 nitrogen and oxygen atoms in total. The van der Waals surface area contributed by atoms with Crippen molar-refractivity contribution in [3.8, 4) is 0 Å². The van der Waals surface area contributed by atoms with E-state index in [-0.39, 0.29) is 24.6 Å². The van der Waals surface area contributed by atoms with E-state index in [1.807, 2.05) is 0 Å². The van der Waals surface area contributed by atoms with Gasteiger partial charge in [-0.1, -0.05) is 20.8 Å². The maximum absolute atomic E-state index is 5.62. The van der Waals surface area contributed by atoms with E-state index < -0.39 is 0 Å². The van der Waals surface area contributed by atoms with Crippen LogP contribution in [0.4, 0.5) is 0 Å². The summed E-state index contributed by atoms with van der Waals surface area (Å²) < 4.78 is 11.2. The van der Waals surface area contributed by atoms with Gasteiger partial charge in [-0.3, -0.25) is 0 Å². The molecule has 0 unspecified atom stereocenters. The first-order valence-corrected chi connectivity index (χ1v) is 4.22. The van der Waals surface area contributed by atoms with Gasteiger partial charge in [0.2, 0.25) is 0 Å². The molecule has 1 saturated heterocycles. The van der Waals surface area contributed by atoms with Crippen molar-refractivity contribution in [1.29, 1.82) is 0 Å². The van der Waals surface area contributed by atoms with Gasteiger partial charge in [-0.15, -0.1) is 0 Å². The summed E-state index contributed by atoms with van der Waals surface area (Å²) in [5, 5.41) is 0.0962. The average molecular weight is 156 g/mol. The highest BCUT2D eigenvalue weighted by atomic mass is 16.7. The zero-order chi connectivity index (χ0) is 8.65. The smallest absolute Gasteiger partial charge is 0.406 e. The van der Waals surface area contributed by atoms with Crippen LogP contribution in [0.15, 0.2) is 0 Å². The Morgan fingerprint density at radius 2 is 1.36 bits per heavy atom. The Morgan fingerprint density at radius 3 is 1.55 bits per heavy atom. The zero-order valence-electron chi connectivity index (χ0n) is 8.05. The molecule has 0 bridgehead atoms. The summed E-state index contributed by atoms with van der Waals surface area (Å²) in [4.78, 5) is 0. The molecule has 64 valence electrons. The Hall–Kier alpha value is -0.0151. The molecule has 0 aromatic carbocycles. The third-order valence-electron chi connectivity index (χ3n) is 2.04. The minimum absolute atomic E-state index is 0.0347. The zero-order valence-corrected chi connectivity index (χ0v) is 8.05. The van der Waals surface area contributed by atoms with Crippen LogP contribution in [-0.4, -0.2) is 19.3 Å². The first-order valence-electron chi connectivity index (χ1n) is 4.22. The standard InChI is InChI=1S/C8H17BO2/c1-6-7(2)11-9(10-6)8(3,4)5/h6-7H,1-5H3/t6-,7-/m1/s1. The first-order chi connectivity index (χ1) is 4.91. The van der Waals surface area contributed by atoms with Crippen molar-refractivity contribution in [3.05, 3.63) is 0 Å². The molecule has 2 atom stereocenters. The van der Waals surface area contributed by atoms with Crippen molar-refractivity contribution in [1.82, 2.24) is 0 Å². The second-order valence-corrected chi connectivity index (χ2v) is 4.38. The summed E-state index contributed by atoms with van der Waals surface area (Å²) in [7, 11) is -0.0347. The summed E-state index contributed by atoms with van der Waals surface area (Å²) in [6.45, 7) is 10.5. The fraction of sp³-hybridized carbons (Fsp3) is 1.00. The molecule has 0 aromatic heterocycles. The van der Waals surface area contributed by atoms with Gasteiger partial charge in [-0.25, -0.2) is 0 Å². The number of hydrogen-bond acceptors (Lipinski definition) is 2. The first kappa shape index (κ1) is 9.08. The van der Waals surface area contributed by atoms with Crippen molar-refractivity contribution < 1.29 is 9.31 Å². The van der Waals surface area contributed by atoms with Crippen molar-refractivity contribution >= 4 is 7.12 Å². The second-order valence-electron chi connectivity index (χ2n) is 4.38. The Labute approximate surface area is 69.4 Å². The lowest BCUT2D eigenvalue weighted by Crippen LogP contribution is -2.27. The fourth-order valence-electron chi connectivity index (χ4n) is 1.05. The van der Waals surface area contributed by atoms with E-state index >= 15 is 0 Å². The summed E-state index contributed by atoms with van der Waals surface area (Å²) in [5.74, 6) is 0. The molecule has 1 aliphatic rings. The fourth-order valence-corrected chi connectivity index (χ4v) is 1.05. The molecule has 0 aromatic rings. The summed E-state index contributed by atoms with van der Waals surface area (Å²) in [5.41, 5.74) is 0. The molecule has 11 heavy (non-hydrogen) atoms. The quantitative estimate of drug-likeness (QED) is 0.500. The molecule has 1 aliphatic heterocycles. The van der Waals surface area contributed by atoms with Crippen LogP contribution in [0, 0.1) is 0 Å². The van der Waals surface area contributed by atoms with Crippen molar-refractivity contribution in [2.45, 2.75) is 52.1 Å². The van der Waals surface area contributed by atoms with E-state index in [1.54, 1.807) is 0 Å². The molecule has 0 spiro atoms. The molecule has 1 rings (SSSR count). The van der Waals surface area contributed by atoms with E-state index in [4.69, 9.17) is 9.31 Å². The SMILES string of the molecule is C[C@H]1OB(C(C)(C)C)O[C@@H]1C. The molecular weight excluding hydrogens is 139 g/mol. The predicted octanol–water partition coefficient (Wildman–Crippen LogP) is 2.10. The lowest BCUT2D eigenvalue weighted by atomic mass is 9.61. The van der Waals surface area contributed by atoms with Crippen LogP contribution in [0.2, 0.25) is 5.31 Å². The number of hydrogen-bond donors (Lipinski definition) is 0. The van der Waals surface area contributed by atoms with Crippen LogP contribution in [-0.2, 0) is 9.31 Å². The van der Waals surface area contributed by atoms with Crippen LogP contribution in [0.1, 0.15) is 34.6 Å². The maximum Gasteiger partial charge on any atom is 0.463 e. The van der Waals surface area contributed by atoms with E-state index in [0.29, 0.717) is 0 Å². The third-order valence-corrected chi connectivity index (χ3v) is 2.04. The molecule has 1 fully saturated rings. The van der Waals surface area contributed by atoms with Gasteiger partial charge in [-0.2, -0.15) is 0 Å². The highest BCUT2D eigenvalue weighted by Gasteiger charge is 2.42. The highest BCUT2D eigenvalue weighted by Crippen LogP contribution is 2.34. The van der Waals surface area contributed by atoms with Gasteiger partial charge in [0.1, 0.15) is 0 Å². The maximum atomic E-state index is 5.62. The molecule has 3 heteroatoms. The minimum atomic E-state index is -0.0347. The van der Waals surface area contributed by atoms with E-state index in [1.165, 1.54) is 0 Å². The van der Waals surface area contributed by atoms with Crippen LogP contribution >= 0.6 is 0 Å². The Balaban J connectivity index is 2.54. The Morgan fingerprint density at radius 1 is 1.00 bits per heavy atom. The van der Waals surface area contributed by atoms with Crippen LogP contribution in [0.3, 0.4) is 0 Å². The van der Waals surface area contributed by atoms with Crippen molar-refractivity contribution in [3.63, 3.8) is 0 Å². The predicted molar refractivity (Wildman–Crippen MR) is 46.6 cm³/mol. The Bertz CT molecular complexity index is 132. The summed E-state index contributed by atoms with van der Waals surface area (Å²) in [6, 6.07) is 0. The van der Waals surface area contributed by atoms with Gasteiger partial charge in [0.05, 0.1) is 12.2 Å². The molecule has 0 N–H and O–H groups in total. The average Bonchev–Trinajstić information content (AvgIpc) is 2.11. The van der Waals surface area contributed by atoms with Crippen LogP contribution in [0.5, 0.6) is 0 Å². The van der Waals surface area contributed by atoms with Crippen molar-refractivity contribution in [2.75, 3.05) is 0 Å². The summed E-state index contributed by atoms with van der Waals surface area (Å²) in [6.07, 6.45) is 0.471. The van der Waals surface area contributed by atoms with Gasteiger partial charge < -0.3 is 9.31 Å². The number of rotatable bonds is 0. The molecule has 1 heterocycles. The lowest BCUT2D eigenvalue weighted by molar-refractivity contribution is 0.187. The van der Waals surface area contributed by atoms with Crippen LogP contribution < -0.4 is 0 Å². The molecule has 0 radical (unpaired) electrons. The van der Waals surface area contributed by atoms with Gasteiger partial charge >= 0.3 is 7.12 Å². The van der Waals surface area contributed by atoms with Crippen LogP contribution in [0.25, 0.3) is 0 Å². The second kappa shape index (κ2) is 2.79. The highest BCUT2D eigenvalue weighted by molar-refractivity contribution is 6.48. The lowest BCUT2D eigenvalue weighted by Gasteiger charge is -2.20.